The van der Waals surface area contributed by atoms with Crippen molar-refractivity contribution >= 4 is 21.7 Å². The zero-order chi connectivity index (χ0) is 12.3. The minimum absolute atomic E-state index is 0.180. The van der Waals surface area contributed by atoms with E-state index in [4.69, 9.17) is 0 Å². The molecular formula is C14H18BrNO. The lowest BCUT2D eigenvalue weighted by atomic mass is 9.77. The molecule has 1 aliphatic heterocycles. The fourth-order valence-electron chi connectivity index (χ4n) is 2.34. The van der Waals surface area contributed by atoms with E-state index in [1.807, 2.05) is 24.3 Å². The number of rotatable bonds is 3. The maximum Gasteiger partial charge on any atom is 0.144 e. The molecule has 2 nitrogen and oxygen atoms in total. The highest BCUT2D eigenvalue weighted by Crippen LogP contribution is 2.28. The number of carbonyl (C=O) groups is 1. The van der Waals surface area contributed by atoms with Crippen LogP contribution in [0.1, 0.15) is 25.3 Å². The summed E-state index contributed by atoms with van der Waals surface area (Å²) in [5.41, 5.74) is 0.914. The second kappa shape index (κ2) is 5.32. The van der Waals surface area contributed by atoms with E-state index >= 15 is 0 Å². The van der Waals surface area contributed by atoms with E-state index in [9.17, 15) is 4.79 Å². The van der Waals surface area contributed by atoms with Crippen LogP contribution in [0.4, 0.5) is 0 Å². The molecule has 1 aromatic carbocycles. The number of hydrogen-bond acceptors (Lipinski definition) is 2. The van der Waals surface area contributed by atoms with Crippen molar-refractivity contribution < 1.29 is 4.79 Å². The number of carbonyl (C=O) groups excluding carboxylic acids is 1. The van der Waals surface area contributed by atoms with Gasteiger partial charge < -0.3 is 5.32 Å². The Morgan fingerprint density at radius 1 is 1.53 bits per heavy atom. The molecule has 1 aliphatic rings. The van der Waals surface area contributed by atoms with Gasteiger partial charge in [0.05, 0.1) is 0 Å². The van der Waals surface area contributed by atoms with Crippen LogP contribution in [0, 0.1) is 5.41 Å². The molecule has 1 atom stereocenters. The molecule has 0 bridgehead atoms. The van der Waals surface area contributed by atoms with E-state index in [1.54, 1.807) is 0 Å². The lowest BCUT2D eigenvalue weighted by molar-refractivity contribution is -0.128. The summed E-state index contributed by atoms with van der Waals surface area (Å²) in [5, 5.41) is 3.32. The fourth-order valence-corrected chi connectivity index (χ4v) is 2.79. The number of halogens is 1. The van der Waals surface area contributed by atoms with Gasteiger partial charge in [-0.05, 0) is 37.1 Å². The highest BCUT2D eigenvalue weighted by atomic mass is 79.9. The monoisotopic (exact) mass is 295 g/mol. The van der Waals surface area contributed by atoms with Crippen molar-refractivity contribution in [3.8, 4) is 0 Å². The molecular weight excluding hydrogens is 278 g/mol. The Morgan fingerprint density at radius 2 is 2.35 bits per heavy atom. The third kappa shape index (κ3) is 3.17. The summed E-state index contributed by atoms with van der Waals surface area (Å²) in [6.45, 7) is 3.94. The molecule has 3 heteroatoms. The summed E-state index contributed by atoms with van der Waals surface area (Å²) in [7, 11) is 0. The highest BCUT2D eigenvalue weighted by Gasteiger charge is 2.33. The van der Waals surface area contributed by atoms with Crippen molar-refractivity contribution in [3.63, 3.8) is 0 Å². The van der Waals surface area contributed by atoms with E-state index in [1.165, 1.54) is 0 Å². The molecule has 0 spiro atoms. The summed E-state index contributed by atoms with van der Waals surface area (Å²) < 4.78 is 1.04. The Labute approximate surface area is 111 Å². The second-order valence-corrected chi connectivity index (χ2v) is 5.99. The predicted molar refractivity (Wildman–Crippen MR) is 73.1 cm³/mol. The summed E-state index contributed by atoms with van der Waals surface area (Å²) in [6.07, 6.45) is 2.64. The minimum atomic E-state index is -0.180. The Balaban J connectivity index is 2.05. The van der Waals surface area contributed by atoms with Gasteiger partial charge in [0.15, 0.2) is 0 Å². The van der Waals surface area contributed by atoms with Gasteiger partial charge in [-0.3, -0.25) is 4.79 Å². The van der Waals surface area contributed by atoms with Gasteiger partial charge in [0.25, 0.3) is 0 Å². The van der Waals surface area contributed by atoms with Gasteiger partial charge in [-0.2, -0.15) is 0 Å². The van der Waals surface area contributed by atoms with Crippen LogP contribution in [0.25, 0.3) is 0 Å². The molecule has 1 unspecified atom stereocenters. The van der Waals surface area contributed by atoms with Crippen LogP contribution in [0.5, 0.6) is 0 Å². The molecule has 1 N–H and O–H groups in total. The smallest absolute Gasteiger partial charge is 0.144 e. The molecule has 17 heavy (non-hydrogen) atoms. The minimum Gasteiger partial charge on any atom is -0.316 e. The zero-order valence-electron chi connectivity index (χ0n) is 10.1. The highest BCUT2D eigenvalue weighted by molar-refractivity contribution is 9.10. The molecule has 92 valence electrons. The summed E-state index contributed by atoms with van der Waals surface area (Å²) >= 11 is 3.44. The Bertz CT molecular complexity index is 410. The molecule has 0 aliphatic carbocycles. The van der Waals surface area contributed by atoms with Crippen LogP contribution in [0.15, 0.2) is 28.7 Å². The largest absolute Gasteiger partial charge is 0.316 e. The van der Waals surface area contributed by atoms with Gasteiger partial charge in [0.2, 0.25) is 0 Å². The van der Waals surface area contributed by atoms with E-state index in [0.717, 1.165) is 36.0 Å². The summed E-state index contributed by atoms with van der Waals surface area (Å²) in [5.74, 6) is 0.350. The zero-order valence-corrected chi connectivity index (χ0v) is 11.7. The number of ketones is 1. The summed E-state index contributed by atoms with van der Waals surface area (Å²) in [6, 6.07) is 8.01. The molecule has 1 aromatic rings. The average molecular weight is 296 g/mol. The first-order chi connectivity index (χ1) is 8.10. The van der Waals surface area contributed by atoms with Gasteiger partial charge in [0, 0.05) is 22.9 Å². The number of piperidine rings is 1. The third-order valence-electron chi connectivity index (χ3n) is 3.52. The van der Waals surface area contributed by atoms with Crippen LogP contribution in [-0.2, 0) is 11.2 Å². The average Bonchev–Trinajstić information content (AvgIpc) is 2.30. The van der Waals surface area contributed by atoms with E-state index in [2.05, 4.69) is 28.2 Å². The van der Waals surface area contributed by atoms with Crippen LogP contribution in [-0.4, -0.2) is 18.9 Å². The van der Waals surface area contributed by atoms with Gasteiger partial charge in [-0.15, -0.1) is 0 Å². The van der Waals surface area contributed by atoms with E-state index in [-0.39, 0.29) is 5.41 Å². The lowest BCUT2D eigenvalue weighted by Gasteiger charge is -2.32. The van der Waals surface area contributed by atoms with Gasteiger partial charge >= 0.3 is 0 Å². The maximum atomic E-state index is 12.3. The van der Waals surface area contributed by atoms with Crippen molar-refractivity contribution in [2.45, 2.75) is 26.2 Å². The molecule has 0 saturated carbocycles. The van der Waals surface area contributed by atoms with Crippen molar-refractivity contribution in [2.24, 2.45) is 5.41 Å². The van der Waals surface area contributed by atoms with Crippen molar-refractivity contribution in [3.05, 3.63) is 34.3 Å². The number of nitrogens with one attached hydrogen (secondary N) is 1. The topological polar surface area (TPSA) is 29.1 Å². The van der Waals surface area contributed by atoms with Gasteiger partial charge in [-0.25, -0.2) is 0 Å². The fraction of sp³-hybridized carbons (Fsp3) is 0.500. The molecule has 1 heterocycles. The Morgan fingerprint density at radius 3 is 3.00 bits per heavy atom. The normalized spacial score (nSPS) is 24.6. The Kier molecular flexibility index (Phi) is 4.00. The third-order valence-corrected chi connectivity index (χ3v) is 4.02. The van der Waals surface area contributed by atoms with Crippen molar-refractivity contribution in [1.29, 1.82) is 0 Å². The maximum absolute atomic E-state index is 12.3. The number of benzene rings is 1. The Hall–Kier alpha value is -0.670. The molecule has 1 saturated heterocycles. The first-order valence-electron chi connectivity index (χ1n) is 6.09. The summed E-state index contributed by atoms with van der Waals surface area (Å²) in [4.78, 5) is 12.3. The number of hydrogen-bond donors (Lipinski definition) is 1. The van der Waals surface area contributed by atoms with Gasteiger partial charge in [0.1, 0.15) is 5.78 Å². The lowest BCUT2D eigenvalue weighted by Crippen LogP contribution is -2.44. The van der Waals surface area contributed by atoms with Crippen molar-refractivity contribution in [1.82, 2.24) is 5.32 Å². The SMILES string of the molecule is CC1(C(=O)Cc2cccc(Br)c2)CCCNC1. The van der Waals surface area contributed by atoms with E-state index in [0.29, 0.717) is 12.2 Å². The van der Waals surface area contributed by atoms with Crippen LogP contribution >= 0.6 is 15.9 Å². The van der Waals surface area contributed by atoms with Crippen molar-refractivity contribution in [2.75, 3.05) is 13.1 Å². The first-order valence-corrected chi connectivity index (χ1v) is 6.88. The standard InChI is InChI=1S/C14H18BrNO/c1-14(6-3-7-16-10-14)13(17)9-11-4-2-5-12(15)8-11/h2,4-5,8,16H,3,6-7,9-10H2,1H3. The van der Waals surface area contributed by atoms with E-state index < -0.39 is 0 Å². The molecule has 0 radical (unpaired) electrons. The predicted octanol–water partition coefficient (Wildman–Crippen LogP) is 2.95. The molecule has 0 aromatic heterocycles. The van der Waals surface area contributed by atoms with Crippen LogP contribution < -0.4 is 5.32 Å². The molecule has 2 rings (SSSR count). The first kappa shape index (κ1) is 12.8. The van der Waals surface area contributed by atoms with Crippen LogP contribution in [0.3, 0.4) is 0 Å². The van der Waals surface area contributed by atoms with Crippen LogP contribution in [0.2, 0.25) is 0 Å². The second-order valence-electron chi connectivity index (χ2n) is 5.07. The molecule has 1 fully saturated rings. The molecule has 0 amide bonds. The number of Topliss-reactive ketones (excluding diaryl/α,β-unsaturated/α-hetero) is 1. The van der Waals surface area contributed by atoms with Gasteiger partial charge in [-0.1, -0.05) is 35.0 Å². The quantitative estimate of drug-likeness (QED) is 0.929.